The highest BCUT2D eigenvalue weighted by molar-refractivity contribution is 6.06. The van der Waals surface area contributed by atoms with Gasteiger partial charge in [0.15, 0.2) is 0 Å². The van der Waals surface area contributed by atoms with E-state index >= 15 is 0 Å². The zero-order valence-corrected chi connectivity index (χ0v) is 26.1. The zero-order chi connectivity index (χ0) is 31.7. The van der Waals surface area contributed by atoms with E-state index in [4.69, 9.17) is 9.73 Å². The van der Waals surface area contributed by atoms with Gasteiger partial charge in [-0.05, 0) is 45.5 Å². The maximum absolute atomic E-state index is 6.61. The largest absolute Gasteiger partial charge is 0.457 e. The van der Waals surface area contributed by atoms with Crippen molar-refractivity contribution in [2.24, 2.45) is 4.99 Å². The van der Waals surface area contributed by atoms with Crippen LogP contribution in [0.15, 0.2) is 180 Å². The van der Waals surface area contributed by atoms with Crippen molar-refractivity contribution >= 4 is 11.5 Å². The summed E-state index contributed by atoms with van der Waals surface area (Å²) >= 11 is 0. The van der Waals surface area contributed by atoms with Crippen molar-refractivity contribution in [1.29, 1.82) is 0 Å². The summed E-state index contributed by atoms with van der Waals surface area (Å²) in [5.74, 6) is 2.64. The number of allylic oxidation sites excluding steroid dienone is 2. The van der Waals surface area contributed by atoms with Gasteiger partial charge in [-0.15, -0.1) is 0 Å². The summed E-state index contributed by atoms with van der Waals surface area (Å²) in [5, 5.41) is 3.75. The smallest absolute Gasteiger partial charge is 0.134 e. The molecule has 2 aliphatic heterocycles. The molecule has 2 heterocycles. The SMILES string of the molecule is C1=CC2=C(c3cccc4c3C3(c5ccccc5Oc5ccccc53)c3ccccc3-4)N=C(c3ccc(-c4ccccc4)cc3)NC2C=C1. The molecule has 6 aromatic rings. The van der Waals surface area contributed by atoms with Crippen molar-refractivity contribution in [3.63, 3.8) is 0 Å². The highest BCUT2D eigenvalue weighted by atomic mass is 16.5. The van der Waals surface area contributed by atoms with Crippen LogP contribution in [-0.4, -0.2) is 11.9 Å². The second-order valence-electron chi connectivity index (χ2n) is 12.7. The van der Waals surface area contributed by atoms with Crippen molar-refractivity contribution in [2.75, 3.05) is 0 Å². The number of ether oxygens (including phenoxy) is 1. The van der Waals surface area contributed by atoms with Crippen LogP contribution in [-0.2, 0) is 5.41 Å². The molecule has 0 amide bonds. The number of nitrogens with zero attached hydrogens (tertiary/aromatic N) is 1. The fourth-order valence-electron chi connectivity index (χ4n) is 8.18. The zero-order valence-electron chi connectivity index (χ0n) is 26.1. The molecule has 0 saturated heterocycles. The molecular formula is C45H30N2O. The minimum atomic E-state index is -0.580. The van der Waals surface area contributed by atoms with Crippen molar-refractivity contribution in [1.82, 2.24) is 5.32 Å². The predicted octanol–water partition coefficient (Wildman–Crippen LogP) is 10.1. The standard InChI is InChI=1S/C45H30N2O/c1-2-13-29(14-3-1)30-25-27-31(28-26-30)44-46-39-22-9-5-16-34(39)43(47-44)35-18-12-17-33-32-15-4-6-19-36(32)45(42(33)35)37-20-7-10-23-40(37)48-41-24-11-8-21-38(41)45/h1-28,39H,(H,46,47). The molecule has 0 fully saturated rings. The first kappa shape index (κ1) is 27.0. The molecule has 0 bridgehead atoms. The predicted molar refractivity (Wildman–Crippen MR) is 194 cm³/mol. The number of benzene rings is 6. The third-order valence-electron chi connectivity index (χ3n) is 10.2. The van der Waals surface area contributed by atoms with Crippen LogP contribution in [0.2, 0.25) is 0 Å². The molecule has 0 saturated carbocycles. The Morgan fingerprint density at radius 3 is 1.90 bits per heavy atom. The molecule has 1 unspecified atom stereocenters. The van der Waals surface area contributed by atoms with E-state index in [1.807, 2.05) is 0 Å². The van der Waals surface area contributed by atoms with Gasteiger partial charge in [0.05, 0.1) is 17.2 Å². The summed E-state index contributed by atoms with van der Waals surface area (Å²) in [7, 11) is 0. The van der Waals surface area contributed by atoms with Crippen molar-refractivity contribution in [3.05, 3.63) is 209 Å². The van der Waals surface area contributed by atoms with E-state index in [1.165, 1.54) is 33.4 Å². The molecule has 6 aromatic carbocycles. The van der Waals surface area contributed by atoms with Gasteiger partial charge in [-0.2, -0.15) is 0 Å². The number of para-hydroxylation sites is 2. The third-order valence-corrected chi connectivity index (χ3v) is 10.2. The lowest BCUT2D eigenvalue weighted by Gasteiger charge is -2.40. The molecular weight excluding hydrogens is 585 g/mol. The first-order valence-corrected chi connectivity index (χ1v) is 16.5. The Balaban J connectivity index is 1.24. The number of rotatable bonds is 3. The minimum Gasteiger partial charge on any atom is -0.457 e. The van der Waals surface area contributed by atoms with Crippen LogP contribution in [0.25, 0.3) is 28.0 Å². The molecule has 1 spiro atoms. The maximum atomic E-state index is 6.61. The molecule has 1 atom stereocenters. The van der Waals surface area contributed by atoms with Gasteiger partial charge < -0.3 is 10.1 Å². The Kier molecular flexibility index (Phi) is 5.85. The van der Waals surface area contributed by atoms with E-state index in [-0.39, 0.29) is 6.04 Å². The molecule has 48 heavy (non-hydrogen) atoms. The summed E-state index contributed by atoms with van der Waals surface area (Å²) in [6.07, 6.45) is 8.69. The summed E-state index contributed by atoms with van der Waals surface area (Å²) < 4.78 is 6.61. The highest BCUT2D eigenvalue weighted by Crippen LogP contribution is 2.63. The van der Waals surface area contributed by atoms with Crippen LogP contribution in [0.4, 0.5) is 0 Å². The molecule has 0 aromatic heterocycles. The quantitative estimate of drug-likeness (QED) is 0.215. The van der Waals surface area contributed by atoms with Crippen LogP contribution in [0.3, 0.4) is 0 Å². The Morgan fingerprint density at radius 1 is 0.521 bits per heavy atom. The maximum Gasteiger partial charge on any atom is 0.134 e. The van der Waals surface area contributed by atoms with Crippen LogP contribution in [0, 0.1) is 0 Å². The molecule has 1 N–H and O–H groups in total. The fourth-order valence-corrected chi connectivity index (χ4v) is 8.18. The van der Waals surface area contributed by atoms with Gasteiger partial charge in [0.25, 0.3) is 0 Å². The summed E-state index contributed by atoms with van der Waals surface area (Å²) in [6, 6.07) is 51.9. The van der Waals surface area contributed by atoms with Crippen LogP contribution >= 0.6 is 0 Å². The number of fused-ring (bicyclic) bond motifs is 10. The first-order valence-electron chi connectivity index (χ1n) is 16.5. The molecule has 0 radical (unpaired) electrons. The lowest BCUT2D eigenvalue weighted by Crippen LogP contribution is -2.39. The molecule has 3 heteroatoms. The normalized spacial score (nSPS) is 17.3. The number of hydrogen-bond donors (Lipinski definition) is 1. The monoisotopic (exact) mass is 614 g/mol. The number of nitrogens with one attached hydrogen (secondary N) is 1. The summed E-state index contributed by atoms with van der Waals surface area (Å²) in [5.41, 5.74) is 13.5. The average molecular weight is 615 g/mol. The summed E-state index contributed by atoms with van der Waals surface area (Å²) in [4.78, 5) is 5.51. The molecule has 226 valence electrons. The van der Waals surface area contributed by atoms with Crippen LogP contribution < -0.4 is 10.1 Å². The lowest BCUT2D eigenvalue weighted by molar-refractivity contribution is 0.436. The van der Waals surface area contributed by atoms with E-state index in [0.717, 1.165) is 50.9 Å². The second kappa shape index (κ2) is 10.4. The van der Waals surface area contributed by atoms with Gasteiger partial charge in [-0.1, -0.05) is 158 Å². The van der Waals surface area contributed by atoms with Gasteiger partial charge in [0, 0.05) is 27.8 Å². The topological polar surface area (TPSA) is 33.6 Å². The molecule has 3 nitrogen and oxygen atoms in total. The van der Waals surface area contributed by atoms with Crippen LogP contribution in [0.5, 0.6) is 11.5 Å². The molecule has 4 aliphatic rings. The lowest BCUT2D eigenvalue weighted by atomic mass is 9.64. The van der Waals surface area contributed by atoms with Crippen molar-refractivity contribution < 1.29 is 4.74 Å². The average Bonchev–Trinajstić information content (AvgIpc) is 3.46. The van der Waals surface area contributed by atoms with Gasteiger partial charge in [-0.3, -0.25) is 0 Å². The van der Waals surface area contributed by atoms with E-state index in [1.54, 1.807) is 0 Å². The van der Waals surface area contributed by atoms with E-state index in [2.05, 4.69) is 175 Å². The van der Waals surface area contributed by atoms with Gasteiger partial charge >= 0.3 is 0 Å². The Morgan fingerprint density at radius 2 is 1.12 bits per heavy atom. The number of amidine groups is 1. The van der Waals surface area contributed by atoms with Crippen molar-refractivity contribution in [2.45, 2.75) is 11.5 Å². The van der Waals surface area contributed by atoms with E-state index in [0.29, 0.717) is 0 Å². The molecule has 10 rings (SSSR count). The minimum absolute atomic E-state index is 0.00357. The Hall–Kier alpha value is -6.19. The first-order chi connectivity index (χ1) is 23.8. The third kappa shape index (κ3) is 3.79. The fraction of sp³-hybridized carbons (Fsp3) is 0.0444. The van der Waals surface area contributed by atoms with Gasteiger partial charge in [0.1, 0.15) is 17.3 Å². The van der Waals surface area contributed by atoms with Gasteiger partial charge in [-0.25, -0.2) is 4.99 Å². The second-order valence-corrected chi connectivity index (χ2v) is 12.7. The highest BCUT2D eigenvalue weighted by Gasteiger charge is 2.52. The van der Waals surface area contributed by atoms with Crippen LogP contribution in [0.1, 0.15) is 33.4 Å². The summed E-state index contributed by atoms with van der Waals surface area (Å²) in [6.45, 7) is 0. The molecule has 2 aliphatic carbocycles. The number of hydrogen-bond acceptors (Lipinski definition) is 3. The van der Waals surface area contributed by atoms with Crippen molar-refractivity contribution in [3.8, 4) is 33.8 Å². The Labute approximate surface area is 279 Å². The van der Waals surface area contributed by atoms with Gasteiger partial charge in [0.2, 0.25) is 0 Å². The van der Waals surface area contributed by atoms with E-state index in [9.17, 15) is 0 Å². The number of aliphatic imine (C=N–C) groups is 1. The Bertz CT molecular complexity index is 2350. The van der Waals surface area contributed by atoms with E-state index < -0.39 is 5.41 Å².